The molecule has 6 nitrogen and oxygen atoms in total. The van der Waals surface area contributed by atoms with Crippen LogP contribution in [-0.2, 0) is 11.3 Å². The van der Waals surface area contributed by atoms with Crippen molar-refractivity contribution in [2.24, 2.45) is 0 Å². The topological polar surface area (TPSA) is 58.6 Å². The number of benzene rings is 1. The molecule has 0 N–H and O–H groups in total. The third-order valence-corrected chi connectivity index (χ3v) is 5.69. The van der Waals surface area contributed by atoms with Crippen LogP contribution in [0, 0.1) is 0 Å². The van der Waals surface area contributed by atoms with Crippen molar-refractivity contribution < 1.29 is 9.53 Å². The molecular weight excluding hydrogens is 352 g/mol. The van der Waals surface area contributed by atoms with Gasteiger partial charge in [0.15, 0.2) is 0 Å². The van der Waals surface area contributed by atoms with Crippen molar-refractivity contribution in [3.05, 3.63) is 42.5 Å². The molecule has 2 aliphatic rings. The van der Waals surface area contributed by atoms with Crippen molar-refractivity contribution in [2.45, 2.75) is 45.2 Å². The third-order valence-electron chi connectivity index (χ3n) is 5.69. The minimum absolute atomic E-state index is 0.0513. The zero-order valence-corrected chi connectivity index (χ0v) is 16.5. The van der Waals surface area contributed by atoms with E-state index in [4.69, 9.17) is 4.74 Å². The molecule has 2 aliphatic heterocycles. The van der Waals surface area contributed by atoms with Crippen molar-refractivity contribution in [1.29, 1.82) is 0 Å². The average molecular weight is 380 g/mol. The lowest BCUT2D eigenvalue weighted by molar-refractivity contribution is -0.135. The van der Waals surface area contributed by atoms with Gasteiger partial charge in [0.2, 0.25) is 5.91 Å². The maximum absolute atomic E-state index is 13.1. The first-order valence-electron chi connectivity index (χ1n) is 10.2. The van der Waals surface area contributed by atoms with Crippen LogP contribution in [0.15, 0.2) is 36.9 Å². The molecule has 4 rings (SSSR count). The number of carbonyl (C=O) groups is 1. The van der Waals surface area contributed by atoms with Crippen LogP contribution in [0.3, 0.4) is 0 Å². The summed E-state index contributed by atoms with van der Waals surface area (Å²) in [4.78, 5) is 25.6. The van der Waals surface area contributed by atoms with Gasteiger partial charge in [-0.2, -0.15) is 0 Å². The number of ether oxygens (including phenoxy) is 1. The molecule has 1 aromatic carbocycles. The lowest BCUT2D eigenvalue weighted by atomic mass is 10.0. The zero-order chi connectivity index (χ0) is 19.3. The van der Waals surface area contributed by atoms with Crippen LogP contribution >= 0.6 is 0 Å². The minimum Gasteiger partial charge on any atom is -0.491 e. The summed E-state index contributed by atoms with van der Waals surface area (Å²) >= 11 is 0. The summed E-state index contributed by atoms with van der Waals surface area (Å²) in [7, 11) is 0. The normalized spacial score (nSPS) is 20.6. The largest absolute Gasteiger partial charge is 0.491 e. The molecule has 0 aliphatic carbocycles. The first kappa shape index (κ1) is 18.9. The molecular formula is C22H28N4O2. The number of hydrogen-bond acceptors (Lipinski definition) is 5. The number of rotatable bonds is 3. The third kappa shape index (κ3) is 4.33. The van der Waals surface area contributed by atoms with Gasteiger partial charge in [0.25, 0.3) is 0 Å². The summed E-state index contributed by atoms with van der Waals surface area (Å²) < 4.78 is 6.00. The van der Waals surface area contributed by atoms with E-state index in [1.54, 1.807) is 12.4 Å². The van der Waals surface area contributed by atoms with E-state index in [0.29, 0.717) is 19.7 Å². The van der Waals surface area contributed by atoms with Crippen molar-refractivity contribution in [1.82, 2.24) is 19.8 Å². The highest BCUT2D eigenvalue weighted by Gasteiger charge is 2.27. The Morgan fingerprint density at radius 2 is 1.86 bits per heavy atom. The van der Waals surface area contributed by atoms with Gasteiger partial charge in [-0.1, -0.05) is 18.9 Å². The fourth-order valence-corrected chi connectivity index (χ4v) is 4.02. The Balaban J connectivity index is 1.53. The fourth-order valence-electron chi connectivity index (χ4n) is 4.02. The van der Waals surface area contributed by atoms with E-state index in [2.05, 4.69) is 27.9 Å². The maximum Gasteiger partial charge on any atom is 0.237 e. The molecule has 6 heteroatoms. The van der Waals surface area contributed by atoms with Crippen LogP contribution in [0.1, 0.15) is 38.2 Å². The van der Waals surface area contributed by atoms with E-state index >= 15 is 0 Å². The monoisotopic (exact) mass is 380 g/mol. The first-order valence-corrected chi connectivity index (χ1v) is 10.2. The van der Waals surface area contributed by atoms with E-state index in [1.165, 1.54) is 32.0 Å². The molecule has 0 saturated carbocycles. The van der Waals surface area contributed by atoms with Gasteiger partial charge in [-0.15, -0.1) is 0 Å². The second-order valence-electron chi connectivity index (χ2n) is 7.82. The molecule has 0 radical (unpaired) electrons. The molecule has 28 heavy (non-hydrogen) atoms. The summed E-state index contributed by atoms with van der Waals surface area (Å²) in [6, 6.07) is 6.16. The highest BCUT2D eigenvalue weighted by atomic mass is 16.5. The molecule has 2 aromatic rings. The molecule has 0 bridgehead atoms. The molecule has 148 valence electrons. The SMILES string of the molecule is C[C@H]1COc2ccc(-c3cncnc3)cc2CN1C(=O)CN1CCCCCC1. The molecule has 1 fully saturated rings. The molecule has 1 saturated heterocycles. The Labute approximate surface area is 166 Å². The predicted molar refractivity (Wildman–Crippen MR) is 108 cm³/mol. The fraction of sp³-hybridized carbons (Fsp3) is 0.500. The van der Waals surface area contributed by atoms with Crippen LogP contribution in [-0.4, -0.2) is 58.0 Å². The number of hydrogen-bond donors (Lipinski definition) is 0. The second-order valence-corrected chi connectivity index (χ2v) is 7.82. The highest BCUT2D eigenvalue weighted by molar-refractivity contribution is 5.79. The minimum atomic E-state index is 0.0513. The predicted octanol–water partition coefficient (Wildman–Crippen LogP) is 3.13. The number of amides is 1. The lowest BCUT2D eigenvalue weighted by Gasteiger charge is -2.29. The van der Waals surface area contributed by atoms with Crippen LogP contribution in [0.2, 0.25) is 0 Å². The Morgan fingerprint density at radius 3 is 2.61 bits per heavy atom. The molecule has 1 aromatic heterocycles. The summed E-state index contributed by atoms with van der Waals surface area (Å²) in [5.41, 5.74) is 3.04. The van der Waals surface area contributed by atoms with E-state index in [1.807, 2.05) is 17.0 Å². The van der Waals surface area contributed by atoms with Crippen molar-refractivity contribution in [3.8, 4) is 16.9 Å². The van der Waals surface area contributed by atoms with Crippen LogP contribution in [0.25, 0.3) is 11.1 Å². The number of nitrogens with zero attached hydrogens (tertiary/aromatic N) is 4. The summed E-state index contributed by atoms with van der Waals surface area (Å²) in [5.74, 6) is 1.05. The smallest absolute Gasteiger partial charge is 0.237 e. The quantitative estimate of drug-likeness (QED) is 0.819. The van der Waals surface area contributed by atoms with Crippen molar-refractivity contribution in [2.75, 3.05) is 26.2 Å². The number of carbonyl (C=O) groups excluding carboxylic acids is 1. The molecule has 3 heterocycles. The van der Waals surface area contributed by atoms with Crippen LogP contribution in [0.4, 0.5) is 0 Å². The highest BCUT2D eigenvalue weighted by Crippen LogP contribution is 2.30. The van der Waals surface area contributed by atoms with Crippen LogP contribution < -0.4 is 4.74 Å². The summed E-state index contributed by atoms with van der Waals surface area (Å²) in [5, 5.41) is 0. The van der Waals surface area contributed by atoms with Gasteiger partial charge in [0.05, 0.1) is 12.6 Å². The van der Waals surface area contributed by atoms with Gasteiger partial charge >= 0.3 is 0 Å². The Kier molecular flexibility index (Phi) is 5.86. The van der Waals surface area contributed by atoms with Gasteiger partial charge < -0.3 is 9.64 Å². The van der Waals surface area contributed by atoms with Crippen molar-refractivity contribution in [3.63, 3.8) is 0 Å². The summed E-state index contributed by atoms with van der Waals surface area (Å²) in [6.07, 6.45) is 10.1. The molecule has 1 amide bonds. The van der Waals surface area contributed by atoms with Crippen LogP contribution in [0.5, 0.6) is 5.75 Å². The van der Waals surface area contributed by atoms with Gasteiger partial charge in [0, 0.05) is 30.1 Å². The lowest BCUT2D eigenvalue weighted by Crippen LogP contribution is -2.45. The first-order chi connectivity index (χ1) is 13.7. The van der Waals surface area contributed by atoms with E-state index in [0.717, 1.165) is 35.5 Å². The van der Waals surface area contributed by atoms with E-state index in [-0.39, 0.29) is 11.9 Å². The van der Waals surface area contributed by atoms with E-state index < -0.39 is 0 Å². The van der Waals surface area contributed by atoms with Crippen molar-refractivity contribution >= 4 is 5.91 Å². The van der Waals surface area contributed by atoms with E-state index in [9.17, 15) is 4.79 Å². The van der Waals surface area contributed by atoms with Gasteiger partial charge in [0.1, 0.15) is 18.7 Å². The number of fused-ring (bicyclic) bond motifs is 1. The Morgan fingerprint density at radius 1 is 1.11 bits per heavy atom. The standard InChI is InChI=1S/C22H28N4O2/c1-17-15-28-21-7-6-18(20-11-23-16-24-12-20)10-19(21)13-26(17)22(27)14-25-8-4-2-3-5-9-25/h6-7,10-12,16-17H,2-5,8-9,13-15H2,1H3/t17-/m0/s1. The summed E-state index contributed by atoms with van der Waals surface area (Å²) in [6.45, 7) is 5.72. The molecule has 0 unspecified atom stereocenters. The van der Waals surface area contributed by atoms with Gasteiger partial charge in [-0.05, 0) is 50.6 Å². The zero-order valence-electron chi connectivity index (χ0n) is 16.5. The Hall–Kier alpha value is -2.47. The molecule has 1 atom stereocenters. The maximum atomic E-state index is 13.1. The average Bonchev–Trinajstić information content (AvgIpc) is 3.07. The number of likely N-dealkylation sites (tertiary alicyclic amines) is 1. The second kappa shape index (κ2) is 8.69. The molecule has 0 spiro atoms. The van der Waals surface area contributed by atoms with Gasteiger partial charge in [-0.3, -0.25) is 9.69 Å². The number of aromatic nitrogens is 2. The van der Waals surface area contributed by atoms with Gasteiger partial charge in [-0.25, -0.2) is 9.97 Å². The Bertz CT molecular complexity index is 803.